The van der Waals surface area contributed by atoms with E-state index in [1.54, 1.807) is 48.5 Å². The molecule has 0 fully saturated rings. The van der Waals surface area contributed by atoms with Gasteiger partial charge in [0.2, 0.25) is 5.82 Å². The predicted octanol–water partition coefficient (Wildman–Crippen LogP) is 17.5. The Labute approximate surface area is 408 Å². The van der Waals surface area contributed by atoms with Crippen LogP contribution in [0.4, 0.5) is 35.1 Å². The molecule has 0 aliphatic carbocycles. The third-order valence-corrected chi connectivity index (χ3v) is 14.3. The number of nitrogens with zero attached hydrogens (tertiary/aromatic N) is 4. The van der Waals surface area contributed by atoms with Gasteiger partial charge in [0.05, 0.1) is 61.1 Å². The second kappa shape index (κ2) is 15.4. The highest BCUT2D eigenvalue weighted by atomic mass is 19.4. The summed E-state index contributed by atoms with van der Waals surface area (Å²) in [5.74, 6) is -11.3. The molecule has 0 spiro atoms. The van der Waals surface area contributed by atoms with Crippen LogP contribution < -0.4 is 0 Å². The Bertz CT molecular complexity index is 4370. The highest BCUT2D eigenvalue weighted by Crippen LogP contribution is 2.50. The number of halogens is 8. The van der Waals surface area contributed by atoms with Crippen molar-refractivity contribution in [3.63, 3.8) is 0 Å². The summed E-state index contributed by atoms with van der Waals surface area (Å²) in [6, 6.07) is 57.1. The summed E-state index contributed by atoms with van der Waals surface area (Å²) in [5.41, 5.74) is 1.11. The largest absolute Gasteiger partial charge is 0.420 e. The minimum absolute atomic E-state index is 0.295. The molecule has 0 saturated carbocycles. The van der Waals surface area contributed by atoms with Gasteiger partial charge < -0.3 is 18.3 Å². The maximum absolute atomic E-state index is 17.2. The Morgan fingerprint density at radius 3 is 1.04 bits per heavy atom. The van der Waals surface area contributed by atoms with E-state index in [1.807, 2.05) is 143 Å². The summed E-state index contributed by atoms with van der Waals surface area (Å²) in [6.07, 6.45) is -5.24. The Morgan fingerprint density at radius 1 is 0.301 bits per heavy atom. The molecular formula is C61H32F8N4. The molecule has 10 aromatic carbocycles. The van der Waals surface area contributed by atoms with E-state index in [0.717, 1.165) is 34.5 Å². The lowest BCUT2D eigenvalue weighted by Crippen LogP contribution is -2.16. The minimum Gasteiger partial charge on any atom is -0.309 e. The topological polar surface area (TPSA) is 19.7 Å². The van der Waals surface area contributed by atoms with Crippen molar-refractivity contribution >= 4 is 87.2 Å². The summed E-state index contributed by atoms with van der Waals surface area (Å²) in [7, 11) is 0. The molecule has 4 aromatic heterocycles. The molecule has 0 saturated heterocycles. The van der Waals surface area contributed by atoms with Crippen molar-refractivity contribution in [1.82, 2.24) is 18.3 Å². The molecule has 12 heteroatoms. The van der Waals surface area contributed by atoms with Crippen molar-refractivity contribution < 1.29 is 35.1 Å². The lowest BCUT2D eigenvalue weighted by Gasteiger charge is -2.24. The molecule has 0 aliphatic rings. The SMILES string of the molecule is Fc1c(F)c(F)c(-c2cc(-n3c4ccccc4c4ccc5c(c6ccccc6n5-c5ccccc5)c43)c(C(F)(F)F)c(-n3c4ccccc4c4ccc5c(c6ccccc6n5-c5ccccc5)c43)c2)c(F)c1F. The zero-order valence-corrected chi connectivity index (χ0v) is 37.8. The standard InChI is InChI=1S/C61H32F8N4/c62-54-50(55(63)57(65)58(66)56(54)64)33-31-48(72-42-23-11-7-19-36(42)38-27-29-46-51(59(38)72)40-21-9-13-25-44(40)70(46)34-15-3-1-4-16-34)53(61(67,68)69)49(32-33)73-43-24-12-8-20-37(43)39-28-30-47-52(60(39)73)41-22-10-14-26-45(41)71(47)35-17-5-2-6-18-35/h1-32H. The summed E-state index contributed by atoms with van der Waals surface area (Å²) < 4.78 is 137. The number of fused-ring (bicyclic) bond motifs is 14. The van der Waals surface area contributed by atoms with Crippen LogP contribution in [0.5, 0.6) is 0 Å². The van der Waals surface area contributed by atoms with Crippen LogP contribution in [0.1, 0.15) is 5.56 Å². The van der Waals surface area contributed by atoms with Crippen LogP contribution in [0.2, 0.25) is 0 Å². The molecule has 14 rings (SSSR count). The molecule has 352 valence electrons. The van der Waals surface area contributed by atoms with Gasteiger partial charge in [0, 0.05) is 54.5 Å². The molecule has 0 amide bonds. The Kier molecular flexibility index (Phi) is 9.02. The molecule has 0 unspecified atom stereocenters. The zero-order valence-electron chi connectivity index (χ0n) is 37.8. The summed E-state index contributed by atoms with van der Waals surface area (Å²) in [5, 5.41) is 4.75. The van der Waals surface area contributed by atoms with Crippen LogP contribution >= 0.6 is 0 Å². The van der Waals surface area contributed by atoms with Gasteiger partial charge in [-0.25, -0.2) is 22.0 Å². The lowest BCUT2D eigenvalue weighted by atomic mass is 9.97. The van der Waals surface area contributed by atoms with Gasteiger partial charge in [-0.3, -0.25) is 0 Å². The first-order chi connectivity index (χ1) is 35.5. The van der Waals surface area contributed by atoms with Crippen molar-refractivity contribution in [3.05, 3.63) is 229 Å². The summed E-state index contributed by atoms with van der Waals surface area (Å²) in [4.78, 5) is 0. The van der Waals surface area contributed by atoms with Crippen LogP contribution in [-0.2, 0) is 6.18 Å². The Hall–Kier alpha value is -9.16. The predicted molar refractivity (Wildman–Crippen MR) is 274 cm³/mol. The quantitative estimate of drug-likeness (QED) is 0.0930. The van der Waals surface area contributed by atoms with Gasteiger partial charge in [0.25, 0.3) is 0 Å². The van der Waals surface area contributed by atoms with E-state index in [1.165, 1.54) is 9.13 Å². The van der Waals surface area contributed by atoms with Gasteiger partial charge in [0.15, 0.2) is 23.3 Å². The maximum Gasteiger partial charge on any atom is 0.420 e. The van der Waals surface area contributed by atoms with Crippen LogP contribution in [0.15, 0.2) is 194 Å². The highest BCUT2D eigenvalue weighted by Gasteiger charge is 2.41. The van der Waals surface area contributed by atoms with Gasteiger partial charge in [-0.15, -0.1) is 0 Å². The monoisotopic (exact) mass is 972 g/mol. The highest BCUT2D eigenvalue weighted by molar-refractivity contribution is 6.28. The molecule has 0 radical (unpaired) electrons. The Morgan fingerprint density at radius 2 is 0.644 bits per heavy atom. The second-order valence-electron chi connectivity index (χ2n) is 18.1. The number of rotatable bonds is 5. The fraction of sp³-hybridized carbons (Fsp3) is 0.0164. The van der Waals surface area contributed by atoms with Crippen LogP contribution in [-0.4, -0.2) is 18.3 Å². The van der Waals surface area contributed by atoms with Crippen LogP contribution in [0.25, 0.3) is 121 Å². The second-order valence-corrected chi connectivity index (χ2v) is 18.1. The molecule has 14 aromatic rings. The first kappa shape index (κ1) is 42.7. The van der Waals surface area contributed by atoms with Gasteiger partial charge in [0.1, 0.15) is 5.56 Å². The average Bonchev–Trinajstić information content (AvgIpc) is 4.15. The Balaban J connectivity index is 1.23. The molecule has 0 aliphatic heterocycles. The van der Waals surface area contributed by atoms with Crippen LogP contribution in [0.3, 0.4) is 0 Å². The first-order valence-corrected chi connectivity index (χ1v) is 23.3. The third kappa shape index (κ3) is 5.88. The van der Waals surface area contributed by atoms with E-state index in [9.17, 15) is 4.39 Å². The van der Waals surface area contributed by atoms with E-state index < -0.39 is 63.3 Å². The van der Waals surface area contributed by atoms with E-state index >= 15 is 30.7 Å². The minimum atomic E-state index is -5.24. The summed E-state index contributed by atoms with van der Waals surface area (Å²) in [6.45, 7) is 0. The first-order valence-electron chi connectivity index (χ1n) is 23.3. The molecule has 0 N–H and O–H groups in total. The van der Waals surface area contributed by atoms with E-state index in [4.69, 9.17) is 0 Å². The van der Waals surface area contributed by atoms with Gasteiger partial charge in [-0.05, 0) is 78.4 Å². The smallest absolute Gasteiger partial charge is 0.309 e. The number of hydrogen-bond donors (Lipinski definition) is 0. The summed E-state index contributed by atoms with van der Waals surface area (Å²) >= 11 is 0. The van der Waals surface area contributed by atoms with E-state index in [0.29, 0.717) is 76.2 Å². The molecule has 4 heterocycles. The van der Waals surface area contributed by atoms with Crippen molar-refractivity contribution in [1.29, 1.82) is 0 Å². The van der Waals surface area contributed by atoms with Crippen molar-refractivity contribution in [2.75, 3.05) is 0 Å². The fourth-order valence-corrected chi connectivity index (χ4v) is 11.5. The van der Waals surface area contributed by atoms with Gasteiger partial charge in [-0.2, -0.15) is 13.2 Å². The van der Waals surface area contributed by atoms with E-state index in [2.05, 4.69) is 0 Å². The molecule has 0 atom stereocenters. The van der Waals surface area contributed by atoms with Gasteiger partial charge >= 0.3 is 6.18 Å². The number of hydrogen-bond acceptors (Lipinski definition) is 0. The number of benzene rings is 10. The average molecular weight is 973 g/mol. The fourth-order valence-electron chi connectivity index (χ4n) is 11.5. The number of aromatic nitrogens is 4. The van der Waals surface area contributed by atoms with E-state index in [-0.39, 0.29) is 0 Å². The van der Waals surface area contributed by atoms with Crippen molar-refractivity contribution in [3.8, 4) is 33.9 Å². The normalized spacial score (nSPS) is 12.4. The molecular weight excluding hydrogens is 941 g/mol. The van der Waals surface area contributed by atoms with Gasteiger partial charge in [-0.1, -0.05) is 121 Å². The van der Waals surface area contributed by atoms with Crippen molar-refractivity contribution in [2.45, 2.75) is 6.18 Å². The third-order valence-electron chi connectivity index (χ3n) is 14.3. The van der Waals surface area contributed by atoms with Crippen LogP contribution in [0, 0.1) is 29.1 Å². The molecule has 73 heavy (non-hydrogen) atoms. The number of alkyl halides is 3. The number of para-hydroxylation sites is 6. The lowest BCUT2D eigenvalue weighted by molar-refractivity contribution is -0.137. The maximum atomic E-state index is 17.2. The van der Waals surface area contributed by atoms with Crippen molar-refractivity contribution in [2.24, 2.45) is 0 Å². The zero-order chi connectivity index (χ0) is 49.6. The molecule has 4 nitrogen and oxygen atoms in total. The molecule has 0 bridgehead atoms.